The topological polar surface area (TPSA) is 75.7 Å². The second kappa shape index (κ2) is 8.21. The van der Waals surface area contributed by atoms with Gasteiger partial charge in [0.1, 0.15) is 0 Å². The number of fused-ring (bicyclic) bond motifs is 2. The number of H-pyrrole nitrogens is 1. The molecule has 0 fully saturated rings. The predicted molar refractivity (Wildman–Crippen MR) is 128 cm³/mol. The van der Waals surface area contributed by atoms with Crippen LogP contribution in [0, 0.1) is 0 Å². The Hall–Kier alpha value is -4.09. The molecule has 0 unspecified atom stereocenters. The standard InChI is InChI=1S/C26H16ClN3O2/c27-18-8-10-20-19(15-18)24(17-4-2-1-3-5-17)25(26(32)30-20)23(31)11-7-16-6-9-21-22(14-16)29-13-12-28-21/h1-15H,(H,30,32). The Morgan fingerprint density at radius 2 is 1.69 bits per heavy atom. The maximum absolute atomic E-state index is 13.3. The molecule has 5 rings (SSSR count). The normalized spacial score (nSPS) is 11.4. The van der Waals surface area contributed by atoms with Crippen LogP contribution in [0.4, 0.5) is 0 Å². The van der Waals surface area contributed by atoms with Crippen molar-refractivity contribution in [3.8, 4) is 11.1 Å². The molecule has 0 aliphatic heterocycles. The van der Waals surface area contributed by atoms with Crippen LogP contribution in [0.3, 0.4) is 0 Å². The molecule has 0 bridgehead atoms. The van der Waals surface area contributed by atoms with Crippen LogP contribution in [0.15, 0.2) is 90.0 Å². The predicted octanol–water partition coefficient (Wildman–Crippen LogP) is 5.69. The lowest BCUT2D eigenvalue weighted by Gasteiger charge is -2.11. The molecule has 154 valence electrons. The summed E-state index contributed by atoms with van der Waals surface area (Å²) < 4.78 is 0. The monoisotopic (exact) mass is 437 g/mol. The maximum atomic E-state index is 13.3. The lowest BCUT2D eigenvalue weighted by atomic mass is 9.94. The van der Waals surface area contributed by atoms with E-state index in [4.69, 9.17) is 11.6 Å². The fourth-order valence-electron chi connectivity index (χ4n) is 3.74. The molecule has 3 aromatic carbocycles. The first-order valence-corrected chi connectivity index (χ1v) is 10.3. The fraction of sp³-hybridized carbons (Fsp3) is 0. The number of nitrogens with one attached hydrogen (secondary N) is 1. The maximum Gasteiger partial charge on any atom is 0.260 e. The molecular weight excluding hydrogens is 422 g/mol. The first kappa shape index (κ1) is 19.8. The average Bonchev–Trinajstić information content (AvgIpc) is 2.82. The number of aromatic nitrogens is 3. The van der Waals surface area contributed by atoms with Crippen LogP contribution in [0.1, 0.15) is 15.9 Å². The molecule has 32 heavy (non-hydrogen) atoms. The van der Waals surface area contributed by atoms with E-state index in [1.54, 1.807) is 36.7 Å². The third kappa shape index (κ3) is 3.70. The van der Waals surface area contributed by atoms with Crippen molar-refractivity contribution in [2.45, 2.75) is 0 Å². The lowest BCUT2D eigenvalue weighted by molar-refractivity contribution is 0.104. The highest BCUT2D eigenvalue weighted by Gasteiger charge is 2.19. The Morgan fingerprint density at radius 1 is 0.906 bits per heavy atom. The summed E-state index contributed by atoms with van der Waals surface area (Å²) in [6.45, 7) is 0. The van der Waals surface area contributed by atoms with E-state index in [0.29, 0.717) is 21.5 Å². The molecule has 2 aromatic heterocycles. The van der Waals surface area contributed by atoms with Gasteiger partial charge in [0, 0.05) is 33.9 Å². The molecule has 5 nitrogen and oxygen atoms in total. The number of hydrogen-bond acceptors (Lipinski definition) is 4. The Morgan fingerprint density at radius 3 is 2.50 bits per heavy atom. The molecule has 5 aromatic rings. The zero-order valence-electron chi connectivity index (χ0n) is 16.7. The molecule has 0 atom stereocenters. The summed E-state index contributed by atoms with van der Waals surface area (Å²) in [4.78, 5) is 37.6. The van der Waals surface area contributed by atoms with E-state index in [1.165, 1.54) is 6.08 Å². The number of benzene rings is 3. The van der Waals surface area contributed by atoms with Gasteiger partial charge in [-0.05, 0) is 47.5 Å². The summed E-state index contributed by atoms with van der Waals surface area (Å²) in [5.41, 5.74) is 3.85. The number of carbonyl (C=O) groups is 1. The minimum absolute atomic E-state index is 0.0720. The van der Waals surface area contributed by atoms with E-state index in [2.05, 4.69) is 15.0 Å². The Bertz CT molecular complexity index is 1570. The fourth-order valence-corrected chi connectivity index (χ4v) is 3.92. The van der Waals surface area contributed by atoms with Gasteiger partial charge < -0.3 is 4.98 Å². The summed E-state index contributed by atoms with van der Waals surface area (Å²) in [5, 5.41) is 1.23. The number of nitrogens with zero attached hydrogens (tertiary/aromatic N) is 2. The van der Waals surface area contributed by atoms with Crippen molar-refractivity contribution in [3.63, 3.8) is 0 Å². The van der Waals surface area contributed by atoms with Crippen molar-refractivity contribution in [1.82, 2.24) is 15.0 Å². The van der Waals surface area contributed by atoms with Gasteiger partial charge in [-0.1, -0.05) is 54.1 Å². The zero-order chi connectivity index (χ0) is 22.1. The van der Waals surface area contributed by atoms with E-state index in [-0.39, 0.29) is 5.56 Å². The third-order valence-electron chi connectivity index (χ3n) is 5.21. The van der Waals surface area contributed by atoms with E-state index >= 15 is 0 Å². The zero-order valence-corrected chi connectivity index (χ0v) is 17.5. The van der Waals surface area contributed by atoms with Crippen LogP contribution in [0.5, 0.6) is 0 Å². The Kier molecular flexibility index (Phi) is 5.09. The van der Waals surface area contributed by atoms with Crippen LogP contribution >= 0.6 is 11.6 Å². The molecule has 0 radical (unpaired) electrons. The Balaban J connectivity index is 1.65. The second-order valence-corrected chi connectivity index (χ2v) is 7.70. The largest absolute Gasteiger partial charge is 0.321 e. The van der Waals surface area contributed by atoms with Gasteiger partial charge in [0.25, 0.3) is 5.56 Å². The molecule has 0 aliphatic rings. The highest BCUT2D eigenvalue weighted by atomic mass is 35.5. The van der Waals surface area contributed by atoms with Crippen molar-refractivity contribution >= 4 is 45.4 Å². The molecule has 0 aliphatic carbocycles. The second-order valence-electron chi connectivity index (χ2n) is 7.26. The van der Waals surface area contributed by atoms with Crippen molar-refractivity contribution in [2.75, 3.05) is 0 Å². The van der Waals surface area contributed by atoms with Crippen LogP contribution in [0.2, 0.25) is 5.02 Å². The molecule has 0 saturated heterocycles. The molecule has 2 heterocycles. The SMILES string of the molecule is O=C(C=Cc1ccc2nccnc2c1)c1c(-c2ccccc2)c2cc(Cl)ccc2[nH]c1=O. The van der Waals surface area contributed by atoms with Crippen LogP contribution < -0.4 is 5.56 Å². The van der Waals surface area contributed by atoms with Crippen LogP contribution in [-0.2, 0) is 0 Å². The first-order chi connectivity index (χ1) is 15.6. The van der Waals surface area contributed by atoms with Gasteiger partial charge in [0.2, 0.25) is 0 Å². The first-order valence-electron chi connectivity index (χ1n) is 9.94. The summed E-state index contributed by atoms with van der Waals surface area (Å²) >= 11 is 6.24. The van der Waals surface area contributed by atoms with Gasteiger partial charge in [0.15, 0.2) is 5.78 Å². The quantitative estimate of drug-likeness (QED) is 0.289. The van der Waals surface area contributed by atoms with Crippen LogP contribution in [0.25, 0.3) is 39.1 Å². The van der Waals surface area contributed by atoms with E-state index in [1.807, 2.05) is 48.5 Å². The number of hydrogen-bond donors (Lipinski definition) is 1. The number of aromatic amines is 1. The molecule has 0 saturated carbocycles. The minimum atomic E-state index is -0.447. The highest BCUT2D eigenvalue weighted by molar-refractivity contribution is 6.31. The van der Waals surface area contributed by atoms with E-state index < -0.39 is 11.3 Å². The van der Waals surface area contributed by atoms with Gasteiger partial charge in [-0.2, -0.15) is 0 Å². The number of pyridine rings is 1. The smallest absolute Gasteiger partial charge is 0.260 e. The van der Waals surface area contributed by atoms with Crippen molar-refractivity contribution in [2.24, 2.45) is 0 Å². The molecule has 6 heteroatoms. The van der Waals surface area contributed by atoms with Crippen molar-refractivity contribution in [3.05, 3.63) is 112 Å². The molecule has 1 N–H and O–H groups in total. The van der Waals surface area contributed by atoms with Crippen molar-refractivity contribution < 1.29 is 4.79 Å². The van der Waals surface area contributed by atoms with Crippen LogP contribution in [-0.4, -0.2) is 20.7 Å². The average molecular weight is 438 g/mol. The summed E-state index contributed by atoms with van der Waals surface area (Å²) in [6, 6.07) is 20.1. The number of halogens is 1. The van der Waals surface area contributed by atoms with Gasteiger partial charge in [0.05, 0.1) is 16.6 Å². The highest BCUT2D eigenvalue weighted by Crippen LogP contribution is 2.31. The minimum Gasteiger partial charge on any atom is -0.321 e. The Labute approximate surface area is 188 Å². The number of rotatable bonds is 4. The lowest BCUT2D eigenvalue weighted by Crippen LogP contribution is -2.18. The molecule has 0 spiro atoms. The van der Waals surface area contributed by atoms with Gasteiger partial charge in [-0.3, -0.25) is 19.6 Å². The summed E-state index contributed by atoms with van der Waals surface area (Å²) in [7, 11) is 0. The van der Waals surface area contributed by atoms with Crippen molar-refractivity contribution in [1.29, 1.82) is 0 Å². The van der Waals surface area contributed by atoms with E-state index in [0.717, 1.165) is 22.2 Å². The van der Waals surface area contributed by atoms with Gasteiger partial charge >= 0.3 is 0 Å². The molecular formula is C26H16ClN3O2. The number of ketones is 1. The van der Waals surface area contributed by atoms with Gasteiger partial charge in [-0.15, -0.1) is 0 Å². The van der Waals surface area contributed by atoms with Gasteiger partial charge in [-0.25, -0.2) is 0 Å². The number of carbonyl (C=O) groups excluding carboxylic acids is 1. The molecule has 0 amide bonds. The summed E-state index contributed by atoms with van der Waals surface area (Å²) in [5.74, 6) is -0.397. The summed E-state index contributed by atoms with van der Waals surface area (Å²) in [6.07, 6.45) is 6.33. The van der Waals surface area contributed by atoms with E-state index in [9.17, 15) is 9.59 Å². The number of allylic oxidation sites excluding steroid dienone is 1. The third-order valence-corrected chi connectivity index (χ3v) is 5.44.